The molecule has 0 spiro atoms. The van der Waals surface area contributed by atoms with E-state index in [1.54, 1.807) is 19.1 Å². The van der Waals surface area contributed by atoms with E-state index in [2.05, 4.69) is 48.9 Å². The van der Waals surface area contributed by atoms with E-state index >= 15 is 24.0 Å². The van der Waals surface area contributed by atoms with Crippen LogP contribution in [-0.2, 0) is 75.6 Å². The molecule has 36 nitrogen and oxygen atoms in total. The number of aliphatic hydroxyl groups excluding tert-OH is 6. The zero-order valence-corrected chi connectivity index (χ0v) is 75.5. The number of fused-ring (bicyclic) bond motifs is 15. The highest BCUT2D eigenvalue weighted by Crippen LogP contribution is 2.52. The number of primary amides is 1. The molecule has 0 aromatic heterocycles. The molecule has 6 aromatic rings. The molecule has 39 heteroatoms. The summed E-state index contributed by atoms with van der Waals surface area (Å²) in [6, 6.07) is 10.6. The first-order valence-electron chi connectivity index (χ1n) is 44.1. The molecule has 0 unspecified atom stereocenters. The number of hydrogen-bond donors (Lipinski definition) is 19. The van der Waals surface area contributed by atoms with Crippen LogP contribution in [0.2, 0.25) is 10.0 Å². The number of benzene rings is 6. The number of phenols is 3. The minimum atomic E-state index is -3.80. The van der Waals surface area contributed by atoms with E-state index in [1.165, 1.54) is 32.0 Å². The number of carbonyl (C=O) groups is 9. The Kier molecular flexibility index (Phi) is 33.1. The second kappa shape index (κ2) is 43.6. The van der Waals surface area contributed by atoms with Crippen molar-refractivity contribution in [1.29, 1.82) is 0 Å². The number of ether oxygens (including phenoxy) is 6. The molecule has 14 rings (SSSR count). The highest BCUT2D eigenvalue weighted by molar-refractivity contribution is 7.89. The van der Waals surface area contributed by atoms with Crippen LogP contribution in [-0.4, -0.2) is 205 Å². The summed E-state index contributed by atoms with van der Waals surface area (Å²) in [5.41, 5.74) is 2.48. The van der Waals surface area contributed by atoms with Gasteiger partial charge in [0.15, 0.2) is 41.5 Å². The van der Waals surface area contributed by atoms with E-state index < -0.39 is 265 Å². The van der Waals surface area contributed by atoms with E-state index in [1.807, 2.05) is 26.0 Å². The predicted molar refractivity (Wildman–Crippen MR) is 473 cm³/mol. The molecule has 0 radical (unpaired) electrons. The number of ketones is 2. The quantitative estimate of drug-likeness (QED) is 0.0185. The van der Waals surface area contributed by atoms with E-state index in [0.717, 1.165) is 105 Å². The molecule has 7 aliphatic heterocycles. The highest BCUT2D eigenvalue weighted by Gasteiger charge is 2.53. The number of phenolic OH excluding ortho intramolecular Hbond substituents is 3. The number of rotatable bonds is 31. The average molecular weight is 1880 g/mol. The number of unbranched alkanes of at least 4 members (excludes halogenated alkanes) is 6. The SMILES string of the molecule is CCCCCCc1ccc(S(=O)(=O)NCCCCCCNCc2c(O)cc3c(c2O)-c2cc(ccc2O)[C@H]2CC(=O)[C@@H]4NC(=O)[C@H](CC(N)=O)CC(=O)[C@H](NC(=O)[C@H](CC)CC(C)C)[C@H](O)c5ccc(c(Cl)c5)Oc5cc4cc(c5O[C@@H]4O[C@H](CO)[C@@H](O)[C@H](O)[C@H]4O[C@H]4C[C@](C)(NC(=O)NC5CC5)[C@H](O)[C@H](C)O4)Oc4ccc(cc4Cl)[C@@H](O)[C@H](NC2=O)C(=O)N[C@@H]3C(=O)O)cc1. The maximum atomic E-state index is 16.6. The average Bonchev–Trinajstić information content (AvgIpc) is 1.22. The molecule has 18 atom stereocenters. The number of urea groups is 1. The van der Waals surface area contributed by atoms with Crippen LogP contribution < -0.4 is 61.9 Å². The third-order valence-corrected chi connectivity index (χ3v) is 26.7. The van der Waals surface area contributed by atoms with Crippen molar-refractivity contribution in [3.8, 4) is 57.1 Å². The number of carboxylic acids is 1. The third-order valence-electron chi connectivity index (χ3n) is 24.6. The van der Waals surface area contributed by atoms with Crippen molar-refractivity contribution in [2.75, 3.05) is 19.7 Å². The molecular formula is C92H115Cl2N9O27S. The van der Waals surface area contributed by atoms with E-state index in [4.69, 9.17) is 57.4 Å². The van der Waals surface area contributed by atoms with Crippen LogP contribution in [0.1, 0.15) is 213 Å². The lowest BCUT2D eigenvalue weighted by Gasteiger charge is -2.48. The Morgan fingerprint density at radius 3 is 1.96 bits per heavy atom. The maximum Gasteiger partial charge on any atom is 0.330 e. The van der Waals surface area contributed by atoms with Gasteiger partial charge in [-0.1, -0.05) is 113 Å². The number of halogens is 2. The molecule has 11 bridgehead atoms. The Labute approximate surface area is 766 Å². The summed E-state index contributed by atoms with van der Waals surface area (Å²) >= 11 is 14.4. The minimum absolute atomic E-state index is 0.0433. The summed E-state index contributed by atoms with van der Waals surface area (Å²) in [6.07, 6.45) is -12.3. The first-order chi connectivity index (χ1) is 62.3. The summed E-state index contributed by atoms with van der Waals surface area (Å²) in [5, 5.41) is 138. The lowest BCUT2D eigenvalue weighted by Crippen LogP contribution is -2.67. The van der Waals surface area contributed by atoms with Gasteiger partial charge in [-0.15, -0.1) is 0 Å². The van der Waals surface area contributed by atoms with Gasteiger partial charge in [0.25, 0.3) is 0 Å². The second-order valence-corrected chi connectivity index (χ2v) is 37.6. The summed E-state index contributed by atoms with van der Waals surface area (Å²) < 4.78 is 68.3. The molecule has 131 heavy (non-hydrogen) atoms. The second-order valence-electron chi connectivity index (χ2n) is 35.1. The molecule has 8 aliphatic rings. The number of nitrogens with two attached hydrogens (primary N) is 1. The number of Topliss-reactive ketones (excluding diaryl/α,β-unsaturated/α-hetero) is 2. The molecular weight excluding hydrogens is 1770 g/mol. The number of amides is 7. The van der Waals surface area contributed by atoms with Gasteiger partial charge in [0.1, 0.15) is 83.5 Å². The number of nitrogens with one attached hydrogen (secondary N) is 8. The Morgan fingerprint density at radius 2 is 1.34 bits per heavy atom. The first kappa shape index (κ1) is 99.6. The van der Waals surface area contributed by atoms with Crippen LogP contribution in [0, 0.1) is 17.8 Å². The van der Waals surface area contributed by atoms with Gasteiger partial charge in [-0.05, 0) is 172 Å². The zero-order chi connectivity index (χ0) is 94.8. The summed E-state index contributed by atoms with van der Waals surface area (Å²) in [7, 11) is -3.80. The van der Waals surface area contributed by atoms with Crippen LogP contribution in [0.25, 0.3) is 11.1 Å². The fourth-order valence-corrected chi connectivity index (χ4v) is 18.6. The highest BCUT2D eigenvalue weighted by atomic mass is 35.5. The van der Waals surface area contributed by atoms with Gasteiger partial charge in [0.2, 0.25) is 51.6 Å². The van der Waals surface area contributed by atoms with Crippen molar-refractivity contribution in [1.82, 2.24) is 41.9 Å². The van der Waals surface area contributed by atoms with E-state index in [9.17, 15) is 78.7 Å². The number of aliphatic hydroxyl groups is 6. The van der Waals surface area contributed by atoms with Gasteiger partial charge in [0, 0.05) is 67.4 Å². The standard InChI is InChI=1S/C92H115Cl2N9O27S/c1-7-9-10-13-16-46-17-24-54(25-18-46)131(123,124)97-30-15-12-11-14-29-96-42-58-62(106)40-57-72(79(58)112)56-32-48(19-26-61(56)105)55-39-64(108)73-51-36-67(126-65-27-20-49(33-59(65)93)77(110)75(101-85(116)47(8-2)31-44(3)4)63(107)35-52(38-70(95)109)86(117)99-73)82(68(37-51)127-66-28-21-50(34-60(66)94)78(111)76(102-87(55)118)88(119)100-74(57)89(120)121)130-90-83(81(114)80(113)69(43-104)128-90)129-71-41-92(6,84(115)45(5)125-71)103-91(122)98-53-22-23-53/h17-21,24-28,32-34,36-37,40,44-45,47,52-53,55,69,71,73-78,80-81,83-84,90,96-97,104-106,110-115H,7-16,22-23,29-31,35,38-39,41-43H2,1-6H3,(H2,95,109)(H,99,117)(H,100,119)(H,101,116)(H,102,118)(H,120,121)(H2,98,103,122)/t45-,47+,52-,55+,69+,71-,73+,74-,75-,76-,77+,78+,80+,81-,83+,84+,90-,92-/m0/s1. The van der Waals surface area contributed by atoms with Crippen molar-refractivity contribution >= 4 is 86.3 Å². The molecule has 1 aliphatic carbocycles. The lowest BCUT2D eigenvalue weighted by molar-refractivity contribution is -0.334. The van der Waals surface area contributed by atoms with Crippen molar-refractivity contribution < 1.29 is 131 Å². The van der Waals surface area contributed by atoms with E-state index in [0.29, 0.717) is 32.1 Å². The maximum absolute atomic E-state index is 16.6. The topological polar surface area (TPSA) is 568 Å². The van der Waals surface area contributed by atoms with Gasteiger partial charge in [-0.3, -0.25) is 33.6 Å². The van der Waals surface area contributed by atoms with Crippen LogP contribution >= 0.6 is 23.2 Å². The van der Waals surface area contributed by atoms with Crippen molar-refractivity contribution in [3.05, 3.63) is 146 Å². The van der Waals surface area contributed by atoms with Gasteiger partial charge < -0.3 is 122 Å². The normalized spacial score (nSPS) is 26.1. The van der Waals surface area contributed by atoms with Gasteiger partial charge in [-0.2, -0.15) is 0 Å². The number of sulfonamides is 1. The number of hydrogen-bond acceptors (Lipinski definition) is 27. The molecule has 1 saturated carbocycles. The van der Waals surface area contributed by atoms with Gasteiger partial charge in [0.05, 0.1) is 50.6 Å². The van der Waals surface area contributed by atoms with Gasteiger partial charge >= 0.3 is 12.0 Å². The molecule has 7 heterocycles. The Hall–Kier alpha value is -10.4. The largest absolute Gasteiger partial charge is 0.507 e. The Morgan fingerprint density at radius 1 is 0.695 bits per heavy atom. The predicted octanol–water partition coefficient (Wildman–Crippen LogP) is 7.77. The molecule has 3 fully saturated rings. The molecule has 710 valence electrons. The summed E-state index contributed by atoms with van der Waals surface area (Å²) in [6.45, 7) is 9.65. The molecule has 20 N–H and O–H groups in total. The fraction of sp³-hybridized carbons (Fsp3) is 0.511. The number of carbonyl (C=O) groups excluding carboxylic acids is 8. The van der Waals surface area contributed by atoms with Crippen LogP contribution in [0.3, 0.4) is 0 Å². The Balaban J connectivity index is 0.972. The summed E-state index contributed by atoms with van der Waals surface area (Å²) in [5.74, 6) is -19.6. The fourth-order valence-electron chi connectivity index (χ4n) is 17.1. The molecule has 2 saturated heterocycles. The van der Waals surface area contributed by atoms with Crippen molar-refractivity contribution in [2.24, 2.45) is 23.5 Å². The monoisotopic (exact) mass is 1880 g/mol. The first-order valence-corrected chi connectivity index (χ1v) is 46.4. The molecule has 6 aromatic carbocycles. The van der Waals surface area contributed by atoms with Crippen LogP contribution in [0.5, 0.6) is 46.0 Å². The minimum Gasteiger partial charge on any atom is -0.507 e. The van der Waals surface area contributed by atoms with Crippen molar-refractivity contribution in [3.63, 3.8) is 0 Å². The third kappa shape index (κ3) is 24.0. The number of aryl methyl sites for hydroxylation is 1. The van der Waals surface area contributed by atoms with Crippen LogP contribution in [0.15, 0.2) is 102 Å². The zero-order valence-electron chi connectivity index (χ0n) is 73.2. The Bertz CT molecular complexity index is 5320. The number of carboxylic acid groups (broad SMARTS) is 1. The van der Waals surface area contributed by atoms with Gasteiger partial charge in [-0.25, -0.2) is 22.7 Å². The molecule has 7 amide bonds. The van der Waals surface area contributed by atoms with Crippen molar-refractivity contribution in [2.45, 2.75) is 265 Å². The summed E-state index contributed by atoms with van der Waals surface area (Å²) in [4.78, 5) is 134. The van der Waals surface area contributed by atoms with Crippen LogP contribution in [0.4, 0.5) is 4.79 Å². The number of aromatic hydroxyl groups is 3. The smallest absolute Gasteiger partial charge is 0.330 e. The lowest BCUT2D eigenvalue weighted by atomic mass is 9.84. The number of aliphatic carboxylic acids is 1. The van der Waals surface area contributed by atoms with E-state index in [-0.39, 0.29) is 82.4 Å².